The number of rotatable bonds is 8. The molecule has 4 rings (SSSR count). The molecule has 0 aliphatic carbocycles. The van der Waals surface area contributed by atoms with Crippen LogP contribution in [0.1, 0.15) is 24.1 Å². The lowest BCUT2D eigenvalue weighted by atomic mass is 10.1. The highest BCUT2D eigenvalue weighted by molar-refractivity contribution is 5.91. The highest BCUT2D eigenvalue weighted by Crippen LogP contribution is 2.29. The minimum Gasteiger partial charge on any atom is -0.363 e. The van der Waals surface area contributed by atoms with Gasteiger partial charge in [0, 0.05) is 18.3 Å². The Kier molecular flexibility index (Phi) is 6.21. The zero-order chi connectivity index (χ0) is 21.6. The monoisotopic (exact) mass is 416 g/mol. The van der Waals surface area contributed by atoms with Crippen molar-refractivity contribution in [1.82, 2.24) is 25.7 Å². The van der Waals surface area contributed by atoms with Gasteiger partial charge in [0.1, 0.15) is 17.8 Å². The maximum absolute atomic E-state index is 11.1. The van der Waals surface area contributed by atoms with Crippen molar-refractivity contribution in [2.75, 3.05) is 11.9 Å². The van der Waals surface area contributed by atoms with Crippen LogP contribution in [0.25, 0.3) is 22.3 Å². The molecular weight excluding hydrogens is 392 g/mol. The average molecular weight is 416 g/mol. The van der Waals surface area contributed by atoms with Crippen molar-refractivity contribution in [3.05, 3.63) is 78.1 Å². The molecule has 0 spiro atoms. The quantitative estimate of drug-likeness (QED) is 0.222. The van der Waals surface area contributed by atoms with Crippen LogP contribution in [0.4, 0.5) is 5.82 Å². The summed E-state index contributed by atoms with van der Waals surface area (Å²) in [5.74, 6) is 0.314. The molecule has 0 saturated carbocycles. The maximum Gasteiger partial charge on any atom is 0.257 e. The standard InChI is InChI=1S/C23H24N6O2/c1-15(17-5-3-2-4-6-17)27-22-19-11-20(28-23(19)26-14-25-22)18-9-7-16(8-10-18)12-24-13-21(30)29-31/h2-11,14-15,24,31H,12-13H2,1H3,(H,29,30)(H2,25,26,27,28). The minimum absolute atomic E-state index is 0.0517. The van der Waals surface area contributed by atoms with Gasteiger partial charge in [0.2, 0.25) is 0 Å². The topological polar surface area (TPSA) is 115 Å². The van der Waals surface area contributed by atoms with Gasteiger partial charge in [-0.1, -0.05) is 54.6 Å². The molecule has 0 saturated heterocycles. The number of aromatic nitrogens is 3. The minimum atomic E-state index is -0.471. The van der Waals surface area contributed by atoms with Gasteiger partial charge in [-0.2, -0.15) is 0 Å². The zero-order valence-electron chi connectivity index (χ0n) is 17.1. The predicted octanol–water partition coefficient (Wildman–Crippen LogP) is 3.39. The first-order valence-electron chi connectivity index (χ1n) is 10.0. The molecule has 2 aromatic heterocycles. The first-order valence-corrected chi connectivity index (χ1v) is 10.0. The Morgan fingerprint density at radius 1 is 1.10 bits per heavy atom. The molecule has 0 aliphatic heterocycles. The summed E-state index contributed by atoms with van der Waals surface area (Å²) in [6.45, 7) is 2.68. The summed E-state index contributed by atoms with van der Waals surface area (Å²) in [5, 5.41) is 15.9. The van der Waals surface area contributed by atoms with Crippen LogP contribution in [-0.2, 0) is 11.3 Å². The molecule has 5 N–H and O–H groups in total. The van der Waals surface area contributed by atoms with Gasteiger partial charge >= 0.3 is 0 Å². The summed E-state index contributed by atoms with van der Waals surface area (Å²) in [4.78, 5) is 23.2. The zero-order valence-corrected chi connectivity index (χ0v) is 17.1. The molecule has 158 valence electrons. The third-order valence-corrected chi connectivity index (χ3v) is 5.08. The summed E-state index contributed by atoms with van der Waals surface area (Å²) >= 11 is 0. The second kappa shape index (κ2) is 9.38. The van der Waals surface area contributed by atoms with Gasteiger partial charge in [0.25, 0.3) is 5.91 Å². The summed E-state index contributed by atoms with van der Waals surface area (Å²) in [6.07, 6.45) is 1.56. The number of H-pyrrole nitrogens is 1. The van der Waals surface area contributed by atoms with Crippen molar-refractivity contribution in [1.29, 1.82) is 0 Å². The summed E-state index contributed by atoms with van der Waals surface area (Å²) < 4.78 is 0. The SMILES string of the molecule is CC(Nc1ncnc2[nH]c(-c3ccc(CNCC(=O)NO)cc3)cc12)c1ccccc1. The molecule has 8 heteroatoms. The number of carbonyl (C=O) groups is 1. The number of carbonyl (C=O) groups excluding carboxylic acids is 1. The molecule has 4 aromatic rings. The Hall–Kier alpha value is -3.75. The molecule has 1 unspecified atom stereocenters. The van der Waals surface area contributed by atoms with E-state index in [2.05, 4.69) is 44.6 Å². The van der Waals surface area contributed by atoms with Gasteiger partial charge < -0.3 is 15.6 Å². The normalized spacial score (nSPS) is 11.9. The Balaban J connectivity index is 1.50. The number of nitrogens with zero attached hydrogens (tertiary/aromatic N) is 2. The fourth-order valence-electron chi connectivity index (χ4n) is 3.40. The Morgan fingerprint density at radius 2 is 1.87 bits per heavy atom. The number of benzene rings is 2. The Bertz CT molecular complexity index is 1160. The van der Waals surface area contributed by atoms with E-state index in [1.165, 1.54) is 5.56 Å². The van der Waals surface area contributed by atoms with Crippen LogP contribution in [0.15, 0.2) is 67.0 Å². The summed E-state index contributed by atoms with van der Waals surface area (Å²) in [6, 6.07) is 20.4. The third-order valence-electron chi connectivity index (χ3n) is 5.08. The highest BCUT2D eigenvalue weighted by atomic mass is 16.5. The highest BCUT2D eigenvalue weighted by Gasteiger charge is 2.12. The molecule has 0 radical (unpaired) electrons. The molecule has 2 heterocycles. The molecule has 0 aliphatic rings. The first-order chi connectivity index (χ1) is 15.1. The van der Waals surface area contributed by atoms with Crippen molar-refractivity contribution >= 4 is 22.8 Å². The number of nitrogens with one attached hydrogen (secondary N) is 4. The maximum atomic E-state index is 11.1. The van der Waals surface area contributed by atoms with Crippen molar-refractivity contribution < 1.29 is 10.0 Å². The van der Waals surface area contributed by atoms with E-state index in [9.17, 15) is 4.79 Å². The largest absolute Gasteiger partial charge is 0.363 e. The molecule has 1 amide bonds. The van der Waals surface area contributed by atoms with Crippen LogP contribution in [0.5, 0.6) is 0 Å². The molecule has 0 bridgehead atoms. The average Bonchev–Trinajstić information content (AvgIpc) is 3.25. The molecule has 2 aromatic carbocycles. The van der Waals surface area contributed by atoms with E-state index in [0.29, 0.717) is 6.54 Å². The van der Waals surface area contributed by atoms with Crippen LogP contribution in [0.2, 0.25) is 0 Å². The summed E-state index contributed by atoms with van der Waals surface area (Å²) in [5.41, 5.74) is 6.56. The fourth-order valence-corrected chi connectivity index (χ4v) is 3.40. The van der Waals surface area contributed by atoms with Crippen molar-refractivity contribution in [3.63, 3.8) is 0 Å². The van der Waals surface area contributed by atoms with E-state index in [0.717, 1.165) is 33.7 Å². The lowest BCUT2D eigenvalue weighted by Crippen LogP contribution is -2.31. The number of hydrogen-bond acceptors (Lipinski definition) is 6. The number of amides is 1. The van der Waals surface area contributed by atoms with E-state index in [-0.39, 0.29) is 12.6 Å². The van der Waals surface area contributed by atoms with Crippen molar-refractivity contribution in [3.8, 4) is 11.3 Å². The second-order valence-corrected chi connectivity index (χ2v) is 7.28. The number of fused-ring (bicyclic) bond motifs is 1. The van der Waals surface area contributed by atoms with E-state index in [4.69, 9.17) is 5.21 Å². The smallest absolute Gasteiger partial charge is 0.257 e. The van der Waals surface area contributed by atoms with Gasteiger partial charge in [-0.25, -0.2) is 15.4 Å². The van der Waals surface area contributed by atoms with Crippen LogP contribution in [0.3, 0.4) is 0 Å². The van der Waals surface area contributed by atoms with Gasteiger partial charge in [0.05, 0.1) is 11.9 Å². The van der Waals surface area contributed by atoms with E-state index in [1.807, 2.05) is 48.5 Å². The molecule has 8 nitrogen and oxygen atoms in total. The second-order valence-electron chi connectivity index (χ2n) is 7.28. The molecule has 31 heavy (non-hydrogen) atoms. The van der Waals surface area contributed by atoms with Gasteiger partial charge in [-0.15, -0.1) is 0 Å². The van der Waals surface area contributed by atoms with Crippen LogP contribution >= 0.6 is 0 Å². The van der Waals surface area contributed by atoms with Crippen molar-refractivity contribution in [2.45, 2.75) is 19.5 Å². The number of aromatic amines is 1. The lowest BCUT2D eigenvalue weighted by Gasteiger charge is -2.15. The van der Waals surface area contributed by atoms with E-state index in [1.54, 1.807) is 11.8 Å². The summed E-state index contributed by atoms with van der Waals surface area (Å²) in [7, 11) is 0. The Labute approximate surface area is 179 Å². The van der Waals surface area contributed by atoms with Gasteiger partial charge in [0.15, 0.2) is 0 Å². The Morgan fingerprint density at radius 3 is 2.61 bits per heavy atom. The third kappa shape index (κ3) is 4.88. The number of anilines is 1. The first kappa shape index (κ1) is 20.5. The number of hydrogen-bond donors (Lipinski definition) is 5. The van der Waals surface area contributed by atoms with E-state index >= 15 is 0 Å². The molecule has 0 fully saturated rings. The van der Waals surface area contributed by atoms with Crippen LogP contribution < -0.4 is 16.1 Å². The van der Waals surface area contributed by atoms with Gasteiger partial charge in [-0.3, -0.25) is 10.0 Å². The van der Waals surface area contributed by atoms with Crippen molar-refractivity contribution in [2.24, 2.45) is 0 Å². The number of hydroxylamine groups is 1. The van der Waals surface area contributed by atoms with Gasteiger partial charge in [-0.05, 0) is 29.7 Å². The molecule has 1 atom stereocenters. The fraction of sp³-hybridized carbons (Fsp3) is 0.174. The predicted molar refractivity (Wildman–Crippen MR) is 119 cm³/mol. The lowest BCUT2D eigenvalue weighted by molar-refractivity contribution is -0.128. The van der Waals surface area contributed by atoms with E-state index < -0.39 is 5.91 Å². The van der Waals surface area contributed by atoms with Crippen LogP contribution in [0, 0.1) is 0 Å². The van der Waals surface area contributed by atoms with Crippen LogP contribution in [-0.4, -0.2) is 32.6 Å². The molecular formula is C23H24N6O2.